The van der Waals surface area contributed by atoms with E-state index in [4.69, 9.17) is 15.4 Å². The van der Waals surface area contributed by atoms with E-state index in [1.807, 2.05) is 18.2 Å². The predicted octanol–water partition coefficient (Wildman–Crippen LogP) is 3.76. The van der Waals surface area contributed by atoms with Crippen LogP contribution in [0.3, 0.4) is 0 Å². The number of ether oxygens (including phenoxy) is 1. The highest BCUT2D eigenvalue weighted by Crippen LogP contribution is 2.40. The van der Waals surface area contributed by atoms with Gasteiger partial charge in [-0.15, -0.1) is 0 Å². The first kappa shape index (κ1) is 15.6. The molecule has 20 heavy (non-hydrogen) atoms. The van der Waals surface area contributed by atoms with Crippen molar-refractivity contribution in [3.05, 3.63) is 29.8 Å². The van der Waals surface area contributed by atoms with Gasteiger partial charge in [0.25, 0.3) is 0 Å². The minimum atomic E-state index is -3.49. The maximum absolute atomic E-state index is 11.4. The third-order valence-corrected chi connectivity index (χ3v) is 5.28. The Morgan fingerprint density at radius 3 is 2.60 bits per heavy atom. The summed E-state index contributed by atoms with van der Waals surface area (Å²) in [5, 5.41) is 0. The highest BCUT2D eigenvalue weighted by molar-refractivity contribution is 8.13. The molecule has 0 saturated heterocycles. The number of hydrogen-bond donors (Lipinski definition) is 0. The normalized spacial score (nSPS) is 18.1. The van der Waals surface area contributed by atoms with Crippen LogP contribution in [-0.4, -0.2) is 20.8 Å². The minimum Gasteiger partial charge on any atom is -0.493 e. The van der Waals surface area contributed by atoms with Gasteiger partial charge in [-0.25, -0.2) is 8.42 Å². The summed E-state index contributed by atoms with van der Waals surface area (Å²) in [5.41, 5.74) is 0.899. The van der Waals surface area contributed by atoms with Gasteiger partial charge >= 0.3 is 0 Å². The van der Waals surface area contributed by atoms with Crippen molar-refractivity contribution in [3.63, 3.8) is 0 Å². The zero-order valence-corrected chi connectivity index (χ0v) is 13.3. The summed E-state index contributed by atoms with van der Waals surface area (Å²) in [6, 6.07) is 7.95. The van der Waals surface area contributed by atoms with Crippen LogP contribution in [0, 0.1) is 5.41 Å². The fourth-order valence-corrected chi connectivity index (χ4v) is 4.71. The first-order valence-electron chi connectivity index (χ1n) is 7.07. The largest absolute Gasteiger partial charge is 0.493 e. The van der Waals surface area contributed by atoms with Gasteiger partial charge in [0.15, 0.2) is 0 Å². The number of aryl methyl sites for hydroxylation is 1. The second-order valence-electron chi connectivity index (χ2n) is 5.68. The number of hydrogen-bond acceptors (Lipinski definition) is 3. The molecule has 5 heteroatoms. The van der Waals surface area contributed by atoms with Crippen molar-refractivity contribution in [1.29, 1.82) is 0 Å². The van der Waals surface area contributed by atoms with E-state index in [1.54, 1.807) is 0 Å². The monoisotopic (exact) mass is 316 g/mol. The molecule has 112 valence electrons. The van der Waals surface area contributed by atoms with Gasteiger partial charge in [0, 0.05) is 16.1 Å². The van der Waals surface area contributed by atoms with Crippen LogP contribution in [0.2, 0.25) is 0 Å². The fourth-order valence-electron chi connectivity index (χ4n) is 2.91. The molecule has 0 spiro atoms. The first-order valence-corrected chi connectivity index (χ1v) is 9.54. The summed E-state index contributed by atoms with van der Waals surface area (Å²) in [7, 11) is 1.96. The van der Waals surface area contributed by atoms with Crippen molar-refractivity contribution < 1.29 is 13.2 Å². The van der Waals surface area contributed by atoms with Crippen LogP contribution < -0.4 is 4.74 Å². The third-order valence-electron chi connectivity index (χ3n) is 3.99. The summed E-state index contributed by atoms with van der Waals surface area (Å²) in [4.78, 5) is 0. The number of halogens is 1. The molecule has 2 rings (SSSR count). The SMILES string of the molecule is CCc1cccc(OCC2(CS(=O)(=O)Cl)CCCC2)c1. The van der Waals surface area contributed by atoms with Crippen molar-refractivity contribution in [2.75, 3.05) is 12.4 Å². The van der Waals surface area contributed by atoms with Crippen molar-refractivity contribution in [2.24, 2.45) is 5.41 Å². The van der Waals surface area contributed by atoms with Gasteiger partial charge in [0.2, 0.25) is 9.05 Å². The van der Waals surface area contributed by atoms with E-state index in [1.165, 1.54) is 5.56 Å². The van der Waals surface area contributed by atoms with Gasteiger partial charge in [0.1, 0.15) is 5.75 Å². The van der Waals surface area contributed by atoms with Crippen LogP contribution in [0.25, 0.3) is 0 Å². The molecule has 0 radical (unpaired) electrons. The zero-order valence-electron chi connectivity index (χ0n) is 11.8. The van der Waals surface area contributed by atoms with E-state index in [9.17, 15) is 8.42 Å². The van der Waals surface area contributed by atoms with Crippen LogP contribution >= 0.6 is 10.7 Å². The second-order valence-corrected chi connectivity index (χ2v) is 8.46. The quantitative estimate of drug-likeness (QED) is 0.751. The molecule has 0 atom stereocenters. The van der Waals surface area contributed by atoms with Gasteiger partial charge in [-0.2, -0.15) is 0 Å². The summed E-state index contributed by atoms with van der Waals surface area (Å²) in [5.74, 6) is 0.817. The molecule has 0 aromatic heterocycles. The molecular weight excluding hydrogens is 296 g/mol. The Bertz CT molecular complexity index is 548. The summed E-state index contributed by atoms with van der Waals surface area (Å²) < 4.78 is 28.7. The van der Waals surface area contributed by atoms with Gasteiger partial charge in [0.05, 0.1) is 12.4 Å². The lowest BCUT2D eigenvalue weighted by atomic mass is 9.90. The number of benzene rings is 1. The van der Waals surface area contributed by atoms with Crippen molar-refractivity contribution in [3.8, 4) is 5.75 Å². The van der Waals surface area contributed by atoms with Gasteiger partial charge in [-0.3, -0.25) is 0 Å². The van der Waals surface area contributed by atoms with Crippen molar-refractivity contribution >= 4 is 19.7 Å². The van der Waals surface area contributed by atoms with Crippen LogP contribution in [0.1, 0.15) is 38.2 Å². The average Bonchev–Trinajstić information content (AvgIpc) is 2.83. The van der Waals surface area contributed by atoms with Gasteiger partial charge in [-0.05, 0) is 37.0 Å². The molecule has 1 aromatic rings. The second kappa shape index (κ2) is 6.35. The Kier molecular flexibility index (Phi) is 4.97. The molecule has 0 N–H and O–H groups in total. The van der Waals surface area contributed by atoms with Crippen LogP contribution in [0.15, 0.2) is 24.3 Å². The van der Waals surface area contributed by atoms with E-state index in [0.29, 0.717) is 6.61 Å². The van der Waals surface area contributed by atoms with E-state index in [0.717, 1.165) is 37.9 Å². The van der Waals surface area contributed by atoms with E-state index >= 15 is 0 Å². The molecule has 0 unspecified atom stereocenters. The molecule has 1 aliphatic rings. The lowest BCUT2D eigenvalue weighted by Gasteiger charge is -2.27. The molecule has 3 nitrogen and oxygen atoms in total. The Morgan fingerprint density at radius 2 is 2.00 bits per heavy atom. The van der Waals surface area contributed by atoms with E-state index < -0.39 is 9.05 Å². The zero-order chi connectivity index (χ0) is 14.6. The molecule has 1 aromatic carbocycles. The van der Waals surface area contributed by atoms with Gasteiger partial charge in [-0.1, -0.05) is 31.9 Å². The Balaban J connectivity index is 2.05. The summed E-state index contributed by atoms with van der Waals surface area (Å²) >= 11 is 0. The smallest absolute Gasteiger partial charge is 0.233 e. The highest BCUT2D eigenvalue weighted by atomic mass is 35.7. The van der Waals surface area contributed by atoms with Gasteiger partial charge < -0.3 is 4.74 Å². The van der Waals surface area contributed by atoms with E-state index in [2.05, 4.69) is 13.0 Å². The summed E-state index contributed by atoms with van der Waals surface area (Å²) in [6.45, 7) is 2.52. The van der Waals surface area contributed by atoms with Crippen LogP contribution in [0.5, 0.6) is 5.75 Å². The average molecular weight is 317 g/mol. The van der Waals surface area contributed by atoms with Crippen molar-refractivity contribution in [1.82, 2.24) is 0 Å². The highest BCUT2D eigenvalue weighted by Gasteiger charge is 2.38. The third kappa shape index (κ3) is 4.38. The topological polar surface area (TPSA) is 43.4 Å². The lowest BCUT2D eigenvalue weighted by molar-refractivity contribution is 0.171. The molecule has 0 heterocycles. The Hall–Kier alpha value is -0.740. The maximum atomic E-state index is 11.4. The maximum Gasteiger partial charge on any atom is 0.233 e. The molecule has 0 bridgehead atoms. The molecule has 1 saturated carbocycles. The Labute approximate surface area is 125 Å². The number of rotatable bonds is 6. The lowest BCUT2D eigenvalue weighted by Crippen LogP contribution is -2.32. The minimum absolute atomic E-state index is 0.00895. The molecular formula is C15H21ClO3S. The van der Waals surface area contributed by atoms with E-state index in [-0.39, 0.29) is 11.2 Å². The molecule has 1 fully saturated rings. The van der Waals surface area contributed by atoms with Crippen LogP contribution in [-0.2, 0) is 15.5 Å². The molecule has 0 amide bonds. The Morgan fingerprint density at radius 1 is 1.30 bits per heavy atom. The molecule has 1 aliphatic carbocycles. The standard InChI is InChI=1S/C15H21ClO3S/c1-2-13-6-5-7-14(10-13)19-11-15(8-3-4-9-15)12-20(16,17)18/h5-7,10H,2-4,8-9,11-12H2,1H3. The molecule has 0 aliphatic heterocycles. The summed E-state index contributed by atoms with van der Waals surface area (Å²) in [6.07, 6.45) is 4.78. The predicted molar refractivity (Wildman–Crippen MR) is 81.9 cm³/mol. The fraction of sp³-hybridized carbons (Fsp3) is 0.600. The van der Waals surface area contributed by atoms with Crippen molar-refractivity contribution in [2.45, 2.75) is 39.0 Å². The van der Waals surface area contributed by atoms with Crippen LogP contribution in [0.4, 0.5) is 0 Å². The first-order chi connectivity index (χ1) is 9.42.